The molecule has 0 amide bonds. The molecule has 0 aromatic carbocycles. The van der Waals surface area contributed by atoms with E-state index in [4.69, 9.17) is 9.52 Å². The number of aliphatic carboxylic acids is 1. The molecule has 11 heavy (non-hydrogen) atoms. The van der Waals surface area contributed by atoms with E-state index in [1.54, 1.807) is 19.1 Å². The number of rotatable bonds is 2. The zero-order valence-electron chi connectivity index (χ0n) is 6.07. The lowest BCUT2D eigenvalue weighted by atomic mass is 10.2. The first-order valence-electron chi connectivity index (χ1n) is 3.19. The highest BCUT2D eigenvalue weighted by Gasteiger charge is 2.10. The van der Waals surface area contributed by atoms with Crippen molar-refractivity contribution < 1.29 is 14.3 Å². The predicted molar refractivity (Wildman–Crippen MR) is 40.0 cm³/mol. The van der Waals surface area contributed by atoms with Gasteiger partial charge in [0.05, 0.1) is 11.8 Å². The van der Waals surface area contributed by atoms with Gasteiger partial charge in [0.1, 0.15) is 5.76 Å². The summed E-state index contributed by atoms with van der Waals surface area (Å²) in [6.45, 7) is 1.66. The van der Waals surface area contributed by atoms with Gasteiger partial charge in [-0.25, -0.2) is 4.79 Å². The monoisotopic (exact) mass is 152 g/mol. The van der Waals surface area contributed by atoms with Crippen molar-refractivity contribution in [3.8, 4) is 0 Å². The molecule has 58 valence electrons. The average Bonchev–Trinajstić information content (AvgIpc) is 2.40. The summed E-state index contributed by atoms with van der Waals surface area (Å²) in [5, 5.41) is 8.62. The molecule has 0 radical (unpaired) electrons. The fourth-order valence-electron chi connectivity index (χ4n) is 0.803. The third-order valence-electron chi connectivity index (χ3n) is 1.31. The quantitative estimate of drug-likeness (QED) is 0.657. The molecule has 0 saturated heterocycles. The van der Waals surface area contributed by atoms with E-state index in [0.29, 0.717) is 5.76 Å². The molecule has 0 spiro atoms. The van der Waals surface area contributed by atoms with Crippen molar-refractivity contribution in [2.24, 2.45) is 0 Å². The van der Waals surface area contributed by atoms with Gasteiger partial charge in [-0.15, -0.1) is 0 Å². The van der Waals surface area contributed by atoms with Crippen molar-refractivity contribution in [3.63, 3.8) is 0 Å². The molecule has 0 atom stereocenters. The maximum Gasteiger partial charge on any atom is 0.339 e. The van der Waals surface area contributed by atoms with Crippen LogP contribution >= 0.6 is 0 Å². The molecule has 1 rings (SSSR count). The summed E-state index contributed by atoms with van der Waals surface area (Å²) >= 11 is 0. The fraction of sp³-hybridized carbons (Fsp3) is 0.125. The van der Waals surface area contributed by atoms with Gasteiger partial charge in [0.25, 0.3) is 0 Å². The lowest BCUT2D eigenvalue weighted by Gasteiger charge is -1.93. The Kier molecular flexibility index (Phi) is 2.11. The van der Waals surface area contributed by atoms with Crippen molar-refractivity contribution in [3.05, 3.63) is 30.2 Å². The lowest BCUT2D eigenvalue weighted by Crippen LogP contribution is -1.97. The molecule has 0 saturated carbocycles. The molecule has 1 aromatic heterocycles. The van der Waals surface area contributed by atoms with Crippen LogP contribution in [0.1, 0.15) is 12.7 Å². The maximum absolute atomic E-state index is 10.5. The van der Waals surface area contributed by atoms with Crippen LogP contribution in [0, 0.1) is 0 Å². The standard InChI is InChI=1S/C8H8O3/c1-2-6(8(9)10)7-4-3-5-11-7/h2-5H,1H3,(H,9,10)/b6-2+. The number of carboxylic acids is 1. The Labute approximate surface area is 64.0 Å². The molecular weight excluding hydrogens is 144 g/mol. The number of hydrogen-bond acceptors (Lipinski definition) is 2. The zero-order chi connectivity index (χ0) is 8.27. The number of furan rings is 1. The van der Waals surface area contributed by atoms with Crippen LogP contribution in [0.25, 0.3) is 5.57 Å². The minimum atomic E-state index is -0.970. The molecule has 1 heterocycles. The molecule has 0 aliphatic heterocycles. The van der Waals surface area contributed by atoms with E-state index < -0.39 is 5.97 Å². The highest BCUT2D eigenvalue weighted by molar-refractivity contribution is 6.14. The average molecular weight is 152 g/mol. The predicted octanol–water partition coefficient (Wildman–Crippen LogP) is 1.77. The smallest absolute Gasteiger partial charge is 0.339 e. The summed E-state index contributed by atoms with van der Waals surface area (Å²) < 4.78 is 4.90. The van der Waals surface area contributed by atoms with Gasteiger partial charge >= 0.3 is 5.97 Å². The molecule has 0 aliphatic rings. The lowest BCUT2D eigenvalue weighted by molar-refractivity contribution is -0.130. The summed E-state index contributed by atoms with van der Waals surface area (Å²) in [5.41, 5.74) is 0.190. The van der Waals surface area contributed by atoms with Crippen molar-refractivity contribution in [1.29, 1.82) is 0 Å². The number of carboxylic acid groups (broad SMARTS) is 1. The van der Waals surface area contributed by atoms with E-state index >= 15 is 0 Å². The van der Waals surface area contributed by atoms with Crippen LogP contribution in [0.4, 0.5) is 0 Å². The highest BCUT2D eigenvalue weighted by Crippen LogP contribution is 2.14. The van der Waals surface area contributed by atoms with Crippen LogP contribution in [0.3, 0.4) is 0 Å². The number of allylic oxidation sites excluding steroid dienone is 1. The van der Waals surface area contributed by atoms with Crippen LogP contribution in [-0.4, -0.2) is 11.1 Å². The van der Waals surface area contributed by atoms with Crippen LogP contribution in [0.2, 0.25) is 0 Å². The highest BCUT2D eigenvalue weighted by atomic mass is 16.4. The third kappa shape index (κ3) is 1.49. The van der Waals surface area contributed by atoms with Gasteiger partial charge in [0.2, 0.25) is 0 Å². The third-order valence-corrected chi connectivity index (χ3v) is 1.31. The molecular formula is C8H8O3. The van der Waals surface area contributed by atoms with Gasteiger partial charge in [-0.2, -0.15) is 0 Å². The van der Waals surface area contributed by atoms with Gasteiger partial charge in [-0.05, 0) is 19.1 Å². The van der Waals surface area contributed by atoms with Crippen LogP contribution in [0.5, 0.6) is 0 Å². The first kappa shape index (κ1) is 7.60. The van der Waals surface area contributed by atoms with Gasteiger partial charge in [0, 0.05) is 0 Å². The Hall–Kier alpha value is -1.51. The Balaban J connectivity index is 2.99. The molecule has 0 unspecified atom stereocenters. The Morgan fingerprint density at radius 3 is 2.82 bits per heavy atom. The fourth-order valence-corrected chi connectivity index (χ4v) is 0.803. The Bertz CT molecular complexity index is 270. The first-order chi connectivity index (χ1) is 5.25. The minimum absolute atomic E-state index is 0.190. The van der Waals surface area contributed by atoms with Gasteiger partial charge in [0.15, 0.2) is 0 Å². The second-order valence-electron chi connectivity index (χ2n) is 1.98. The second-order valence-corrected chi connectivity index (χ2v) is 1.98. The first-order valence-corrected chi connectivity index (χ1v) is 3.19. The van der Waals surface area contributed by atoms with Crippen LogP contribution in [0.15, 0.2) is 28.9 Å². The maximum atomic E-state index is 10.5. The molecule has 1 N–H and O–H groups in total. The molecule has 1 aromatic rings. The van der Waals surface area contributed by atoms with E-state index in [-0.39, 0.29) is 5.57 Å². The van der Waals surface area contributed by atoms with E-state index in [1.807, 2.05) is 0 Å². The molecule has 3 nitrogen and oxygen atoms in total. The largest absolute Gasteiger partial charge is 0.478 e. The zero-order valence-corrected chi connectivity index (χ0v) is 6.07. The van der Waals surface area contributed by atoms with Crippen molar-refractivity contribution in [2.45, 2.75) is 6.92 Å². The summed E-state index contributed by atoms with van der Waals surface area (Å²) in [5.74, 6) is -0.581. The van der Waals surface area contributed by atoms with E-state index in [2.05, 4.69) is 0 Å². The Morgan fingerprint density at radius 1 is 1.73 bits per heavy atom. The van der Waals surface area contributed by atoms with Gasteiger partial charge in [-0.1, -0.05) is 6.08 Å². The van der Waals surface area contributed by atoms with Crippen LogP contribution in [-0.2, 0) is 4.79 Å². The number of carbonyl (C=O) groups is 1. The van der Waals surface area contributed by atoms with E-state index in [0.717, 1.165) is 0 Å². The molecule has 0 aliphatic carbocycles. The summed E-state index contributed by atoms with van der Waals surface area (Å²) in [6, 6.07) is 3.27. The summed E-state index contributed by atoms with van der Waals surface area (Å²) in [6.07, 6.45) is 2.95. The minimum Gasteiger partial charge on any atom is -0.478 e. The molecule has 0 fully saturated rings. The number of hydrogen-bond donors (Lipinski definition) is 1. The summed E-state index contributed by atoms with van der Waals surface area (Å²) in [7, 11) is 0. The molecule has 3 heteroatoms. The van der Waals surface area contributed by atoms with Gasteiger partial charge in [-0.3, -0.25) is 0 Å². The Morgan fingerprint density at radius 2 is 2.45 bits per heavy atom. The van der Waals surface area contributed by atoms with Crippen molar-refractivity contribution in [2.75, 3.05) is 0 Å². The normalized spacial score (nSPS) is 11.5. The second kappa shape index (κ2) is 3.05. The SMILES string of the molecule is C/C=C(/C(=O)O)c1ccco1. The summed E-state index contributed by atoms with van der Waals surface area (Å²) in [4.78, 5) is 10.5. The van der Waals surface area contributed by atoms with Crippen LogP contribution < -0.4 is 0 Å². The van der Waals surface area contributed by atoms with Crippen molar-refractivity contribution >= 4 is 11.5 Å². The topological polar surface area (TPSA) is 50.4 Å². The molecule has 0 bridgehead atoms. The van der Waals surface area contributed by atoms with Gasteiger partial charge < -0.3 is 9.52 Å². The van der Waals surface area contributed by atoms with E-state index in [1.165, 1.54) is 12.3 Å². The van der Waals surface area contributed by atoms with E-state index in [9.17, 15) is 4.79 Å². The van der Waals surface area contributed by atoms with Crippen molar-refractivity contribution in [1.82, 2.24) is 0 Å².